The first-order valence-electron chi connectivity index (χ1n) is 10.4. The minimum atomic E-state index is -0.338. The van der Waals surface area contributed by atoms with Gasteiger partial charge in [-0.25, -0.2) is 0 Å². The number of ether oxygens (including phenoxy) is 1. The molecule has 2 heterocycles. The van der Waals surface area contributed by atoms with Gasteiger partial charge in [0.25, 0.3) is 11.8 Å². The standard InChI is InChI=1S/C26H24N4O3/c1-18-5-3-6-19(15-18)17-30-14-12-23(29-25(31)20-7-4-13-27-16-20)24(30)26(32)28-21-8-10-22(33-2)11-9-21/h3-16H,17H2,1-2H3,(H,28,32)(H,29,31). The van der Waals surface area contributed by atoms with Crippen LogP contribution >= 0.6 is 0 Å². The van der Waals surface area contributed by atoms with Crippen molar-refractivity contribution in [3.63, 3.8) is 0 Å². The molecule has 0 aliphatic heterocycles. The Morgan fingerprint density at radius 3 is 2.48 bits per heavy atom. The van der Waals surface area contributed by atoms with Crippen molar-refractivity contribution in [3.8, 4) is 5.75 Å². The number of anilines is 2. The number of pyridine rings is 1. The van der Waals surface area contributed by atoms with Crippen LogP contribution < -0.4 is 15.4 Å². The second-order valence-electron chi connectivity index (χ2n) is 7.57. The molecular weight excluding hydrogens is 416 g/mol. The SMILES string of the molecule is COc1ccc(NC(=O)c2c(NC(=O)c3cccnc3)ccn2Cc2cccc(C)c2)cc1. The van der Waals surface area contributed by atoms with Gasteiger partial charge in [-0.15, -0.1) is 0 Å². The predicted octanol–water partition coefficient (Wildman–Crippen LogP) is 4.75. The Bertz CT molecular complexity index is 1260. The van der Waals surface area contributed by atoms with Crippen LogP contribution in [0.4, 0.5) is 11.4 Å². The quantitative estimate of drug-likeness (QED) is 0.434. The van der Waals surface area contributed by atoms with E-state index in [9.17, 15) is 9.59 Å². The first kappa shape index (κ1) is 21.8. The molecule has 2 aromatic heterocycles. The molecule has 0 aliphatic carbocycles. The lowest BCUT2D eigenvalue weighted by Crippen LogP contribution is -2.21. The molecular formula is C26H24N4O3. The molecule has 0 atom stereocenters. The van der Waals surface area contributed by atoms with Crippen LogP contribution in [-0.4, -0.2) is 28.5 Å². The third kappa shape index (κ3) is 5.27. The van der Waals surface area contributed by atoms with Gasteiger partial charge in [-0.2, -0.15) is 0 Å². The highest BCUT2D eigenvalue weighted by atomic mass is 16.5. The lowest BCUT2D eigenvalue weighted by Gasteiger charge is -2.13. The minimum Gasteiger partial charge on any atom is -0.497 e. The topological polar surface area (TPSA) is 85.2 Å². The summed E-state index contributed by atoms with van der Waals surface area (Å²) in [6.07, 6.45) is 4.88. The molecule has 0 unspecified atom stereocenters. The maximum Gasteiger partial charge on any atom is 0.274 e. The van der Waals surface area contributed by atoms with Crippen LogP contribution in [0, 0.1) is 6.92 Å². The van der Waals surface area contributed by atoms with Gasteiger partial charge < -0.3 is 19.9 Å². The van der Waals surface area contributed by atoms with Crippen LogP contribution in [-0.2, 0) is 6.54 Å². The number of methoxy groups -OCH3 is 1. The molecule has 0 aliphatic rings. The molecule has 0 saturated heterocycles. The molecule has 7 nitrogen and oxygen atoms in total. The summed E-state index contributed by atoms with van der Waals surface area (Å²) in [5, 5.41) is 5.76. The number of carbonyl (C=O) groups excluding carboxylic acids is 2. The summed E-state index contributed by atoms with van der Waals surface area (Å²) < 4.78 is 7.00. The maximum atomic E-state index is 13.3. The number of nitrogens with one attached hydrogen (secondary N) is 2. The fourth-order valence-electron chi connectivity index (χ4n) is 3.52. The molecule has 166 valence electrons. The Morgan fingerprint density at radius 2 is 1.79 bits per heavy atom. The van der Waals surface area contributed by atoms with Crippen molar-refractivity contribution < 1.29 is 14.3 Å². The Labute approximate surface area is 192 Å². The first-order valence-corrected chi connectivity index (χ1v) is 10.4. The number of hydrogen-bond acceptors (Lipinski definition) is 4. The molecule has 4 rings (SSSR count). The van der Waals surface area contributed by atoms with Crippen molar-refractivity contribution in [3.05, 3.63) is 108 Å². The van der Waals surface area contributed by atoms with E-state index in [1.54, 1.807) is 62.0 Å². The highest BCUT2D eigenvalue weighted by Crippen LogP contribution is 2.23. The number of nitrogens with zero attached hydrogens (tertiary/aromatic N) is 2. The minimum absolute atomic E-state index is 0.334. The van der Waals surface area contributed by atoms with Gasteiger partial charge in [-0.3, -0.25) is 14.6 Å². The van der Waals surface area contributed by atoms with Gasteiger partial charge in [0.2, 0.25) is 0 Å². The number of carbonyl (C=O) groups is 2. The van der Waals surface area contributed by atoms with Crippen LogP contribution in [0.15, 0.2) is 85.3 Å². The molecule has 0 fully saturated rings. The van der Waals surface area contributed by atoms with Gasteiger partial charge in [-0.05, 0) is 55.0 Å². The molecule has 33 heavy (non-hydrogen) atoms. The summed E-state index contributed by atoms with van der Waals surface area (Å²) in [7, 11) is 1.59. The Kier molecular flexibility index (Phi) is 6.50. The van der Waals surface area contributed by atoms with Gasteiger partial charge in [0.15, 0.2) is 0 Å². The number of aryl methyl sites for hydroxylation is 1. The van der Waals surface area contributed by atoms with E-state index in [2.05, 4.69) is 21.7 Å². The molecule has 2 amide bonds. The summed E-state index contributed by atoms with van der Waals surface area (Å²) in [6.45, 7) is 2.51. The molecule has 7 heteroatoms. The molecule has 0 spiro atoms. The fraction of sp³-hybridized carbons (Fsp3) is 0.115. The van der Waals surface area contributed by atoms with Gasteiger partial charge in [-0.1, -0.05) is 29.8 Å². The highest BCUT2D eigenvalue weighted by molar-refractivity contribution is 6.11. The Hall–Kier alpha value is -4.39. The van der Waals surface area contributed by atoms with Crippen molar-refractivity contribution in [2.24, 2.45) is 0 Å². The lowest BCUT2D eigenvalue weighted by atomic mass is 10.1. The molecule has 0 radical (unpaired) electrons. The zero-order chi connectivity index (χ0) is 23.2. The van der Waals surface area contributed by atoms with E-state index < -0.39 is 0 Å². The number of aromatic nitrogens is 2. The largest absolute Gasteiger partial charge is 0.497 e. The van der Waals surface area contributed by atoms with Crippen molar-refractivity contribution in [2.45, 2.75) is 13.5 Å². The summed E-state index contributed by atoms with van der Waals surface area (Å²) >= 11 is 0. The summed E-state index contributed by atoms with van der Waals surface area (Å²) in [6, 6.07) is 20.2. The van der Waals surface area contributed by atoms with Crippen LogP contribution in [0.1, 0.15) is 32.0 Å². The highest BCUT2D eigenvalue weighted by Gasteiger charge is 2.20. The molecule has 2 N–H and O–H groups in total. The summed E-state index contributed by atoms with van der Waals surface area (Å²) in [5.74, 6) is 0.0226. The average molecular weight is 441 g/mol. The third-order valence-corrected chi connectivity index (χ3v) is 5.13. The van der Waals surface area contributed by atoms with E-state index in [4.69, 9.17) is 4.74 Å². The van der Waals surface area contributed by atoms with E-state index >= 15 is 0 Å². The zero-order valence-electron chi connectivity index (χ0n) is 18.4. The number of rotatable bonds is 7. The van der Waals surface area contributed by atoms with Crippen molar-refractivity contribution >= 4 is 23.2 Å². The fourth-order valence-corrected chi connectivity index (χ4v) is 3.52. The Balaban J connectivity index is 1.64. The normalized spacial score (nSPS) is 10.5. The van der Waals surface area contributed by atoms with E-state index in [0.29, 0.717) is 34.9 Å². The van der Waals surface area contributed by atoms with Gasteiger partial charge in [0, 0.05) is 30.8 Å². The van der Waals surface area contributed by atoms with Crippen molar-refractivity contribution in [1.82, 2.24) is 9.55 Å². The van der Waals surface area contributed by atoms with E-state index in [1.807, 2.05) is 29.7 Å². The monoisotopic (exact) mass is 440 g/mol. The maximum absolute atomic E-state index is 13.3. The number of hydrogen-bond donors (Lipinski definition) is 2. The molecule has 4 aromatic rings. The zero-order valence-corrected chi connectivity index (χ0v) is 18.4. The first-order chi connectivity index (χ1) is 16.0. The van der Waals surface area contributed by atoms with Crippen LogP contribution in [0.2, 0.25) is 0 Å². The van der Waals surface area contributed by atoms with Crippen LogP contribution in [0.3, 0.4) is 0 Å². The molecule has 0 bridgehead atoms. The van der Waals surface area contributed by atoms with E-state index in [-0.39, 0.29) is 11.8 Å². The predicted molar refractivity (Wildman–Crippen MR) is 128 cm³/mol. The van der Waals surface area contributed by atoms with Gasteiger partial charge in [0.05, 0.1) is 18.4 Å². The van der Waals surface area contributed by atoms with E-state index in [1.165, 1.54) is 6.20 Å². The van der Waals surface area contributed by atoms with Crippen LogP contribution in [0.5, 0.6) is 5.75 Å². The Morgan fingerprint density at radius 1 is 0.970 bits per heavy atom. The number of benzene rings is 2. The van der Waals surface area contributed by atoms with Gasteiger partial charge in [0.1, 0.15) is 11.4 Å². The lowest BCUT2D eigenvalue weighted by molar-refractivity contribution is 0.101. The van der Waals surface area contributed by atoms with E-state index in [0.717, 1.165) is 11.1 Å². The van der Waals surface area contributed by atoms with Crippen molar-refractivity contribution in [2.75, 3.05) is 17.7 Å². The van der Waals surface area contributed by atoms with Crippen LogP contribution in [0.25, 0.3) is 0 Å². The average Bonchev–Trinajstić information content (AvgIpc) is 3.22. The smallest absolute Gasteiger partial charge is 0.274 e. The second kappa shape index (κ2) is 9.82. The third-order valence-electron chi connectivity index (χ3n) is 5.13. The summed E-state index contributed by atoms with van der Waals surface area (Å²) in [5.41, 5.74) is 3.98. The second-order valence-corrected chi connectivity index (χ2v) is 7.57. The molecule has 0 saturated carbocycles. The van der Waals surface area contributed by atoms with Crippen molar-refractivity contribution in [1.29, 1.82) is 0 Å². The summed E-state index contributed by atoms with van der Waals surface area (Å²) in [4.78, 5) is 30.0. The number of amides is 2. The van der Waals surface area contributed by atoms with Gasteiger partial charge >= 0.3 is 0 Å². The molecule has 2 aromatic carbocycles.